The summed E-state index contributed by atoms with van der Waals surface area (Å²) < 4.78 is 1.56. The standard InChI is InChI=1S/C12H10N8/c13-10-9-11(16-5-15-9)18-12(14)20(10)7-2-1-6-4-17-19-8(6)3-7/h1-5H,13H2,(H,17,19)(H2,14,15,16,18). The molecule has 0 fully saturated rings. The Morgan fingerprint density at radius 2 is 2.20 bits per heavy atom. The van der Waals surface area contributed by atoms with E-state index in [9.17, 15) is 0 Å². The van der Waals surface area contributed by atoms with Gasteiger partial charge in [0.15, 0.2) is 5.65 Å². The number of H-pyrrole nitrogens is 2. The second-order valence-electron chi connectivity index (χ2n) is 4.40. The molecule has 0 saturated carbocycles. The summed E-state index contributed by atoms with van der Waals surface area (Å²) in [4.78, 5) is 11.1. The number of benzene rings is 1. The summed E-state index contributed by atoms with van der Waals surface area (Å²) in [6.45, 7) is 0. The summed E-state index contributed by atoms with van der Waals surface area (Å²) >= 11 is 0. The van der Waals surface area contributed by atoms with Crippen LogP contribution in [0.4, 0.5) is 5.82 Å². The first-order chi connectivity index (χ1) is 9.74. The molecule has 20 heavy (non-hydrogen) atoms. The molecule has 4 aromatic rings. The number of hydrogen-bond donors (Lipinski definition) is 4. The largest absolute Gasteiger partial charge is 0.383 e. The topological polar surface area (TPSA) is 125 Å². The monoisotopic (exact) mass is 266 g/mol. The number of fused-ring (bicyclic) bond motifs is 2. The van der Waals surface area contributed by atoms with Crippen molar-refractivity contribution in [3.05, 3.63) is 36.3 Å². The Labute approximate surface area is 111 Å². The van der Waals surface area contributed by atoms with E-state index in [0.717, 1.165) is 16.6 Å². The van der Waals surface area contributed by atoms with E-state index in [1.807, 2.05) is 18.2 Å². The van der Waals surface area contributed by atoms with Gasteiger partial charge in [0.25, 0.3) is 0 Å². The number of nitrogens with zero attached hydrogens (tertiary/aromatic N) is 4. The molecule has 0 unspecified atom stereocenters. The van der Waals surface area contributed by atoms with Crippen molar-refractivity contribution in [1.29, 1.82) is 5.41 Å². The third-order valence-corrected chi connectivity index (χ3v) is 3.22. The SMILES string of the molecule is N=c1nc2nc[nH]c2c(N)n1-c1ccc2cn[nH]c2c1. The molecule has 0 aliphatic heterocycles. The molecular formula is C12H10N8. The minimum Gasteiger partial charge on any atom is -0.383 e. The minimum absolute atomic E-state index is 0.0287. The van der Waals surface area contributed by atoms with E-state index < -0.39 is 0 Å². The van der Waals surface area contributed by atoms with E-state index in [4.69, 9.17) is 11.1 Å². The Bertz CT molecular complexity index is 989. The molecule has 0 aliphatic carbocycles. The number of rotatable bonds is 1. The number of aromatic nitrogens is 6. The average molecular weight is 266 g/mol. The van der Waals surface area contributed by atoms with Crippen molar-refractivity contribution in [2.45, 2.75) is 0 Å². The van der Waals surface area contributed by atoms with Crippen LogP contribution >= 0.6 is 0 Å². The van der Waals surface area contributed by atoms with E-state index in [-0.39, 0.29) is 5.62 Å². The van der Waals surface area contributed by atoms with Crippen LogP contribution in [0.3, 0.4) is 0 Å². The molecule has 0 aliphatic rings. The molecule has 4 rings (SSSR count). The third kappa shape index (κ3) is 1.35. The second-order valence-corrected chi connectivity index (χ2v) is 4.40. The lowest BCUT2D eigenvalue weighted by molar-refractivity contribution is 0.874. The van der Waals surface area contributed by atoms with Gasteiger partial charge in [-0.1, -0.05) is 0 Å². The van der Waals surface area contributed by atoms with Gasteiger partial charge in [-0.25, -0.2) is 4.98 Å². The highest BCUT2D eigenvalue weighted by Crippen LogP contribution is 2.20. The number of imidazole rings is 1. The molecule has 8 nitrogen and oxygen atoms in total. The van der Waals surface area contributed by atoms with Gasteiger partial charge in [0.1, 0.15) is 11.3 Å². The highest BCUT2D eigenvalue weighted by atomic mass is 15.2. The number of anilines is 1. The highest BCUT2D eigenvalue weighted by Gasteiger charge is 2.11. The molecule has 0 radical (unpaired) electrons. The number of nitrogen functional groups attached to an aromatic ring is 1. The lowest BCUT2D eigenvalue weighted by atomic mass is 10.2. The Balaban J connectivity index is 2.07. The van der Waals surface area contributed by atoms with Gasteiger partial charge in [-0.15, -0.1) is 0 Å². The maximum atomic E-state index is 8.03. The fourth-order valence-electron chi connectivity index (χ4n) is 2.26. The molecule has 5 N–H and O–H groups in total. The fraction of sp³-hybridized carbons (Fsp3) is 0. The van der Waals surface area contributed by atoms with Gasteiger partial charge in [-0.05, 0) is 18.2 Å². The molecular weight excluding hydrogens is 256 g/mol. The summed E-state index contributed by atoms with van der Waals surface area (Å²) in [6.07, 6.45) is 3.25. The van der Waals surface area contributed by atoms with E-state index in [2.05, 4.69) is 25.1 Å². The average Bonchev–Trinajstić information content (AvgIpc) is 3.06. The van der Waals surface area contributed by atoms with Crippen LogP contribution < -0.4 is 11.4 Å². The summed E-state index contributed by atoms with van der Waals surface area (Å²) in [5, 5.41) is 15.9. The van der Waals surface area contributed by atoms with Crippen LogP contribution in [0, 0.1) is 5.41 Å². The van der Waals surface area contributed by atoms with Gasteiger partial charge < -0.3 is 10.7 Å². The van der Waals surface area contributed by atoms with Crippen LogP contribution in [0.2, 0.25) is 0 Å². The molecule has 3 heterocycles. The predicted octanol–water partition coefficient (Wildman–Crippen LogP) is 0.687. The zero-order valence-corrected chi connectivity index (χ0v) is 10.3. The van der Waals surface area contributed by atoms with Crippen molar-refractivity contribution >= 4 is 27.9 Å². The van der Waals surface area contributed by atoms with E-state index >= 15 is 0 Å². The van der Waals surface area contributed by atoms with Gasteiger partial charge in [0.2, 0.25) is 5.62 Å². The van der Waals surface area contributed by atoms with Crippen molar-refractivity contribution in [2.75, 3.05) is 5.73 Å². The summed E-state index contributed by atoms with van der Waals surface area (Å²) in [6, 6.07) is 5.66. The van der Waals surface area contributed by atoms with Crippen LogP contribution in [0.1, 0.15) is 0 Å². The summed E-state index contributed by atoms with van der Waals surface area (Å²) in [5.74, 6) is 0.399. The zero-order valence-electron chi connectivity index (χ0n) is 10.3. The predicted molar refractivity (Wildman–Crippen MR) is 73.1 cm³/mol. The molecule has 8 heteroatoms. The Morgan fingerprint density at radius 3 is 3.10 bits per heavy atom. The first-order valence-electron chi connectivity index (χ1n) is 5.94. The minimum atomic E-state index is 0.0287. The first kappa shape index (κ1) is 10.7. The molecule has 98 valence electrons. The van der Waals surface area contributed by atoms with Gasteiger partial charge in [-0.2, -0.15) is 10.1 Å². The Hall–Kier alpha value is -3.16. The summed E-state index contributed by atoms with van der Waals surface area (Å²) in [5.41, 5.74) is 8.82. The molecule has 3 aromatic heterocycles. The molecule has 0 amide bonds. The molecule has 0 spiro atoms. The van der Waals surface area contributed by atoms with E-state index in [0.29, 0.717) is 17.0 Å². The number of hydrogen-bond acceptors (Lipinski definition) is 5. The number of aromatic amines is 2. The number of nitrogens with two attached hydrogens (primary N) is 1. The molecule has 1 aromatic carbocycles. The van der Waals surface area contributed by atoms with Gasteiger partial charge in [0, 0.05) is 5.39 Å². The Kier molecular flexibility index (Phi) is 1.97. The van der Waals surface area contributed by atoms with Gasteiger partial charge in [0.05, 0.1) is 23.7 Å². The van der Waals surface area contributed by atoms with Crippen LogP contribution in [-0.4, -0.2) is 29.7 Å². The van der Waals surface area contributed by atoms with E-state index in [1.54, 1.807) is 10.8 Å². The fourth-order valence-corrected chi connectivity index (χ4v) is 2.26. The van der Waals surface area contributed by atoms with E-state index in [1.165, 1.54) is 6.33 Å². The molecule has 0 atom stereocenters. The quantitative estimate of drug-likeness (QED) is 0.404. The van der Waals surface area contributed by atoms with Crippen LogP contribution in [-0.2, 0) is 0 Å². The maximum Gasteiger partial charge on any atom is 0.230 e. The van der Waals surface area contributed by atoms with Crippen molar-refractivity contribution in [1.82, 2.24) is 29.7 Å². The highest BCUT2D eigenvalue weighted by molar-refractivity contribution is 5.84. The van der Waals surface area contributed by atoms with Gasteiger partial charge >= 0.3 is 0 Å². The van der Waals surface area contributed by atoms with Crippen LogP contribution in [0.5, 0.6) is 0 Å². The van der Waals surface area contributed by atoms with Gasteiger partial charge in [-0.3, -0.25) is 15.1 Å². The van der Waals surface area contributed by atoms with Crippen molar-refractivity contribution in [3.8, 4) is 5.69 Å². The van der Waals surface area contributed by atoms with Crippen molar-refractivity contribution in [3.63, 3.8) is 0 Å². The third-order valence-electron chi connectivity index (χ3n) is 3.22. The zero-order chi connectivity index (χ0) is 13.7. The lowest BCUT2D eigenvalue weighted by Gasteiger charge is -2.10. The van der Waals surface area contributed by atoms with Crippen molar-refractivity contribution in [2.24, 2.45) is 0 Å². The first-order valence-corrected chi connectivity index (χ1v) is 5.94. The van der Waals surface area contributed by atoms with Crippen molar-refractivity contribution < 1.29 is 0 Å². The number of nitrogens with one attached hydrogen (secondary N) is 3. The normalized spacial score (nSPS) is 11.4. The summed E-state index contributed by atoms with van der Waals surface area (Å²) in [7, 11) is 0. The molecule has 0 saturated heterocycles. The Morgan fingerprint density at radius 1 is 1.30 bits per heavy atom. The lowest BCUT2D eigenvalue weighted by Crippen LogP contribution is -2.24. The van der Waals surface area contributed by atoms with Crippen LogP contribution in [0.15, 0.2) is 30.7 Å². The van der Waals surface area contributed by atoms with Crippen LogP contribution in [0.25, 0.3) is 27.8 Å². The molecule has 0 bridgehead atoms. The maximum absolute atomic E-state index is 8.03. The smallest absolute Gasteiger partial charge is 0.230 e. The second kappa shape index (κ2) is 3.67.